The molecule has 5 heteroatoms. The Labute approximate surface area is 179 Å². The minimum atomic E-state index is -0.324. The molecule has 2 aromatic carbocycles. The average Bonchev–Trinajstić information content (AvgIpc) is 2.74. The average molecular weight is 408 g/mol. The van der Waals surface area contributed by atoms with Crippen molar-refractivity contribution in [1.82, 2.24) is 15.5 Å². The molecular formula is C25H33N3O2. The van der Waals surface area contributed by atoms with E-state index in [1.54, 1.807) is 0 Å². The molecule has 2 N–H and O–H groups in total. The van der Waals surface area contributed by atoms with Crippen molar-refractivity contribution in [1.29, 1.82) is 0 Å². The minimum Gasteiger partial charge on any atom is -0.352 e. The van der Waals surface area contributed by atoms with Crippen LogP contribution < -0.4 is 10.6 Å². The second-order valence-corrected chi connectivity index (χ2v) is 8.30. The first-order valence-corrected chi connectivity index (χ1v) is 10.9. The van der Waals surface area contributed by atoms with E-state index >= 15 is 0 Å². The van der Waals surface area contributed by atoms with Crippen molar-refractivity contribution in [3.8, 4) is 0 Å². The number of amides is 2. The Hall–Kier alpha value is -2.66. The van der Waals surface area contributed by atoms with Crippen molar-refractivity contribution in [3.05, 3.63) is 70.8 Å². The number of carbonyl (C=O) groups excluding carboxylic acids is 2. The van der Waals surface area contributed by atoms with Gasteiger partial charge in [-0.15, -0.1) is 0 Å². The number of aryl methyl sites for hydroxylation is 1. The van der Waals surface area contributed by atoms with Gasteiger partial charge in [0.25, 0.3) is 0 Å². The second kappa shape index (κ2) is 10.9. The fourth-order valence-corrected chi connectivity index (χ4v) is 3.89. The molecule has 1 fully saturated rings. The zero-order chi connectivity index (χ0) is 21.3. The zero-order valence-electron chi connectivity index (χ0n) is 18.1. The lowest BCUT2D eigenvalue weighted by atomic mass is 10.0. The van der Waals surface area contributed by atoms with Crippen molar-refractivity contribution in [3.63, 3.8) is 0 Å². The molecule has 1 heterocycles. The Bertz CT molecular complexity index is 824. The van der Waals surface area contributed by atoms with Crippen LogP contribution >= 0.6 is 0 Å². The quantitative estimate of drug-likeness (QED) is 0.698. The Morgan fingerprint density at radius 2 is 1.57 bits per heavy atom. The van der Waals surface area contributed by atoms with Crippen LogP contribution in [0.1, 0.15) is 60.9 Å². The third-order valence-electron chi connectivity index (χ3n) is 5.61. The maximum Gasteiger partial charge on any atom is 0.222 e. The zero-order valence-corrected chi connectivity index (χ0v) is 18.1. The third-order valence-corrected chi connectivity index (χ3v) is 5.61. The normalized spacial score (nSPS) is 15.4. The molecule has 1 aliphatic heterocycles. The number of hydrogen-bond acceptors (Lipinski definition) is 3. The van der Waals surface area contributed by atoms with Crippen LogP contribution in [0.25, 0.3) is 0 Å². The maximum atomic E-state index is 12.5. The molecule has 0 radical (unpaired) electrons. The van der Waals surface area contributed by atoms with Gasteiger partial charge in [0.1, 0.15) is 0 Å². The molecule has 5 nitrogen and oxygen atoms in total. The highest BCUT2D eigenvalue weighted by molar-refractivity contribution is 5.79. The molecule has 0 saturated carbocycles. The molecule has 3 rings (SSSR count). The van der Waals surface area contributed by atoms with Gasteiger partial charge in [-0.1, -0.05) is 60.5 Å². The lowest BCUT2D eigenvalue weighted by Crippen LogP contribution is -2.32. The molecule has 2 aromatic rings. The Morgan fingerprint density at radius 3 is 2.20 bits per heavy atom. The van der Waals surface area contributed by atoms with Crippen LogP contribution in [0.15, 0.2) is 48.5 Å². The standard InChI is InChI=1S/C25H33N3O2/c1-19-6-12-23(13-7-19)24(27-20(2)29)16-25(30)26-17-21-8-10-22(11-9-21)18-28-14-4-3-5-15-28/h6-13,24H,3-5,14-18H2,1-2H3,(H,26,30)(H,27,29)/t24-/m1/s1. The predicted molar refractivity (Wildman–Crippen MR) is 120 cm³/mol. The number of likely N-dealkylation sites (tertiary alicyclic amines) is 1. The van der Waals surface area contributed by atoms with Gasteiger partial charge in [-0.25, -0.2) is 0 Å². The molecule has 0 aromatic heterocycles. The van der Waals surface area contributed by atoms with Crippen LogP contribution in [0.3, 0.4) is 0 Å². The molecule has 1 atom stereocenters. The Balaban J connectivity index is 1.50. The molecule has 0 bridgehead atoms. The smallest absolute Gasteiger partial charge is 0.222 e. The second-order valence-electron chi connectivity index (χ2n) is 8.30. The fourth-order valence-electron chi connectivity index (χ4n) is 3.89. The van der Waals surface area contributed by atoms with E-state index in [4.69, 9.17) is 0 Å². The summed E-state index contributed by atoms with van der Waals surface area (Å²) in [4.78, 5) is 26.6. The van der Waals surface area contributed by atoms with Gasteiger partial charge >= 0.3 is 0 Å². The summed E-state index contributed by atoms with van der Waals surface area (Å²) < 4.78 is 0. The summed E-state index contributed by atoms with van der Waals surface area (Å²) in [6, 6.07) is 16.1. The minimum absolute atomic E-state index is 0.0771. The largest absolute Gasteiger partial charge is 0.352 e. The van der Waals surface area contributed by atoms with Gasteiger partial charge in [-0.05, 0) is 49.5 Å². The molecule has 0 aliphatic carbocycles. The van der Waals surface area contributed by atoms with Crippen LogP contribution in [0.5, 0.6) is 0 Å². The summed E-state index contributed by atoms with van der Waals surface area (Å²) in [7, 11) is 0. The first kappa shape index (κ1) is 22.0. The van der Waals surface area contributed by atoms with Crippen molar-refractivity contribution in [2.75, 3.05) is 13.1 Å². The number of benzene rings is 2. The van der Waals surface area contributed by atoms with Crippen molar-refractivity contribution in [2.24, 2.45) is 0 Å². The van der Waals surface area contributed by atoms with E-state index < -0.39 is 0 Å². The number of piperidine rings is 1. The predicted octanol–water partition coefficient (Wildman–Crippen LogP) is 3.86. The molecule has 1 saturated heterocycles. The summed E-state index contributed by atoms with van der Waals surface area (Å²) in [5.74, 6) is -0.218. The number of carbonyl (C=O) groups is 2. The van der Waals surface area contributed by atoms with E-state index in [0.29, 0.717) is 6.54 Å². The number of hydrogen-bond donors (Lipinski definition) is 2. The van der Waals surface area contributed by atoms with Crippen LogP contribution in [0, 0.1) is 6.92 Å². The highest BCUT2D eigenvalue weighted by atomic mass is 16.2. The van der Waals surface area contributed by atoms with Crippen molar-refractivity contribution < 1.29 is 9.59 Å². The van der Waals surface area contributed by atoms with Gasteiger partial charge in [0, 0.05) is 20.0 Å². The number of nitrogens with one attached hydrogen (secondary N) is 2. The number of rotatable bonds is 8. The third kappa shape index (κ3) is 6.99. The molecule has 2 amide bonds. The van der Waals surface area contributed by atoms with E-state index in [9.17, 15) is 9.59 Å². The lowest BCUT2D eigenvalue weighted by molar-refractivity contribution is -0.122. The maximum absolute atomic E-state index is 12.5. The number of nitrogens with zero attached hydrogens (tertiary/aromatic N) is 1. The van der Waals surface area contributed by atoms with Crippen LogP contribution in [-0.4, -0.2) is 29.8 Å². The van der Waals surface area contributed by atoms with Crippen molar-refractivity contribution >= 4 is 11.8 Å². The highest BCUT2D eigenvalue weighted by Gasteiger charge is 2.17. The van der Waals surface area contributed by atoms with Gasteiger partial charge in [0.05, 0.1) is 12.5 Å². The van der Waals surface area contributed by atoms with E-state index in [0.717, 1.165) is 23.2 Å². The first-order chi connectivity index (χ1) is 14.5. The van der Waals surface area contributed by atoms with Gasteiger partial charge in [-0.3, -0.25) is 14.5 Å². The monoisotopic (exact) mass is 407 g/mol. The molecule has 0 spiro atoms. The highest BCUT2D eigenvalue weighted by Crippen LogP contribution is 2.18. The van der Waals surface area contributed by atoms with E-state index in [1.165, 1.54) is 44.8 Å². The molecule has 0 unspecified atom stereocenters. The van der Waals surface area contributed by atoms with Gasteiger partial charge < -0.3 is 10.6 Å². The van der Waals surface area contributed by atoms with Crippen LogP contribution in [0.4, 0.5) is 0 Å². The van der Waals surface area contributed by atoms with E-state index in [-0.39, 0.29) is 24.3 Å². The summed E-state index contributed by atoms with van der Waals surface area (Å²) in [6.07, 6.45) is 4.16. The Kier molecular flexibility index (Phi) is 8.03. The summed E-state index contributed by atoms with van der Waals surface area (Å²) in [6.45, 7) is 7.36. The van der Waals surface area contributed by atoms with Crippen molar-refractivity contribution in [2.45, 2.75) is 58.7 Å². The summed E-state index contributed by atoms with van der Waals surface area (Å²) >= 11 is 0. The SMILES string of the molecule is CC(=O)N[C@H](CC(=O)NCc1ccc(CN2CCCCC2)cc1)c1ccc(C)cc1. The van der Waals surface area contributed by atoms with Crippen LogP contribution in [0.2, 0.25) is 0 Å². The summed E-state index contributed by atoms with van der Waals surface area (Å²) in [5.41, 5.74) is 4.48. The molecular weight excluding hydrogens is 374 g/mol. The molecule has 1 aliphatic rings. The lowest BCUT2D eigenvalue weighted by Gasteiger charge is -2.26. The summed E-state index contributed by atoms with van der Waals surface area (Å²) in [5, 5.41) is 5.87. The molecule has 160 valence electrons. The van der Waals surface area contributed by atoms with Gasteiger partial charge in [0.15, 0.2) is 0 Å². The first-order valence-electron chi connectivity index (χ1n) is 10.9. The van der Waals surface area contributed by atoms with Gasteiger partial charge in [-0.2, -0.15) is 0 Å². The fraction of sp³-hybridized carbons (Fsp3) is 0.440. The Morgan fingerprint density at radius 1 is 0.933 bits per heavy atom. The molecule has 30 heavy (non-hydrogen) atoms. The van der Waals surface area contributed by atoms with E-state index in [2.05, 4.69) is 39.8 Å². The van der Waals surface area contributed by atoms with Gasteiger partial charge in [0.2, 0.25) is 11.8 Å². The topological polar surface area (TPSA) is 61.4 Å². The van der Waals surface area contributed by atoms with Crippen LogP contribution in [-0.2, 0) is 22.7 Å². The van der Waals surface area contributed by atoms with E-state index in [1.807, 2.05) is 31.2 Å².